The van der Waals surface area contributed by atoms with Crippen molar-refractivity contribution in [2.24, 2.45) is 5.92 Å². The number of carboxylic acid groups (broad SMARTS) is 1. The normalized spacial score (nSPS) is 14.1. The summed E-state index contributed by atoms with van der Waals surface area (Å²) in [6, 6.07) is 3.94. The van der Waals surface area contributed by atoms with Gasteiger partial charge >= 0.3 is 5.97 Å². The van der Waals surface area contributed by atoms with Crippen LogP contribution in [0, 0.1) is 5.92 Å². The number of carboxylic acids is 1. The molecule has 20 heavy (non-hydrogen) atoms. The van der Waals surface area contributed by atoms with Crippen molar-refractivity contribution in [1.82, 2.24) is 5.32 Å². The van der Waals surface area contributed by atoms with E-state index in [1.807, 2.05) is 24.4 Å². The van der Waals surface area contributed by atoms with Crippen LogP contribution in [0.4, 0.5) is 0 Å². The van der Waals surface area contributed by atoms with Crippen LogP contribution in [0.15, 0.2) is 23.6 Å². The summed E-state index contributed by atoms with van der Waals surface area (Å²) >= 11 is 1.58. The summed E-state index contributed by atoms with van der Waals surface area (Å²) in [4.78, 5) is 23.4. The molecule has 0 radical (unpaired) electrons. The number of rotatable bonds is 8. The molecule has 2 N–H and O–H groups in total. The Labute approximate surface area is 123 Å². The van der Waals surface area contributed by atoms with E-state index in [9.17, 15) is 9.59 Å². The van der Waals surface area contributed by atoms with E-state index in [4.69, 9.17) is 5.11 Å². The van der Waals surface area contributed by atoms with Gasteiger partial charge in [0.2, 0.25) is 5.91 Å². The Balaban J connectivity index is 2.23. The standard InChI is InChI=1S/C15H21NO3S/c1-11(15(18)19)5-3-6-12(2)16-14(17)9-8-13-7-4-10-20-13/h4,7-12H,3,5-6H2,1-2H3,(H,16,17)(H,18,19). The fourth-order valence-electron chi connectivity index (χ4n) is 1.76. The Bertz CT molecular complexity index is 454. The Morgan fingerprint density at radius 3 is 2.75 bits per heavy atom. The molecule has 0 spiro atoms. The Morgan fingerprint density at radius 1 is 1.40 bits per heavy atom. The molecule has 1 aromatic heterocycles. The summed E-state index contributed by atoms with van der Waals surface area (Å²) in [5.74, 6) is -1.20. The van der Waals surface area contributed by atoms with Crippen LogP contribution in [0.1, 0.15) is 38.0 Å². The van der Waals surface area contributed by atoms with Crippen molar-refractivity contribution in [3.05, 3.63) is 28.5 Å². The molecule has 0 aliphatic rings. The van der Waals surface area contributed by atoms with E-state index in [0.717, 1.165) is 17.7 Å². The van der Waals surface area contributed by atoms with Crippen LogP contribution < -0.4 is 5.32 Å². The van der Waals surface area contributed by atoms with Crippen molar-refractivity contribution >= 4 is 29.3 Å². The average molecular weight is 295 g/mol. The van der Waals surface area contributed by atoms with Gasteiger partial charge in [-0.1, -0.05) is 19.4 Å². The van der Waals surface area contributed by atoms with Gasteiger partial charge in [0, 0.05) is 17.0 Å². The molecule has 1 rings (SSSR count). The maximum atomic E-state index is 11.7. The van der Waals surface area contributed by atoms with E-state index < -0.39 is 5.97 Å². The van der Waals surface area contributed by atoms with E-state index in [1.165, 1.54) is 6.08 Å². The first kappa shape index (κ1) is 16.4. The van der Waals surface area contributed by atoms with E-state index in [0.29, 0.717) is 6.42 Å². The lowest BCUT2D eigenvalue weighted by molar-refractivity contribution is -0.141. The Morgan fingerprint density at radius 2 is 2.15 bits per heavy atom. The van der Waals surface area contributed by atoms with Crippen LogP contribution in [0.25, 0.3) is 6.08 Å². The van der Waals surface area contributed by atoms with Crippen molar-refractivity contribution in [1.29, 1.82) is 0 Å². The number of nitrogens with one attached hydrogen (secondary N) is 1. The molecule has 0 aliphatic heterocycles. The molecule has 5 heteroatoms. The second-order valence-corrected chi connectivity index (χ2v) is 5.91. The number of carbonyl (C=O) groups is 2. The average Bonchev–Trinajstić information content (AvgIpc) is 2.89. The van der Waals surface area contributed by atoms with Gasteiger partial charge in [-0.25, -0.2) is 0 Å². The molecule has 1 heterocycles. The fraction of sp³-hybridized carbons (Fsp3) is 0.467. The van der Waals surface area contributed by atoms with Crippen LogP contribution >= 0.6 is 11.3 Å². The monoisotopic (exact) mass is 295 g/mol. The molecule has 0 saturated carbocycles. The highest BCUT2D eigenvalue weighted by Crippen LogP contribution is 2.11. The quantitative estimate of drug-likeness (QED) is 0.724. The summed E-state index contributed by atoms with van der Waals surface area (Å²) in [5, 5.41) is 13.6. The molecule has 1 aromatic rings. The molecular weight excluding hydrogens is 274 g/mol. The maximum Gasteiger partial charge on any atom is 0.306 e. The predicted molar refractivity (Wildman–Crippen MR) is 81.6 cm³/mol. The van der Waals surface area contributed by atoms with Gasteiger partial charge in [-0.05, 0) is 37.3 Å². The van der Waals surface area contributed by atoms with E-state index >= 15 is 0 Å². The lowest BCUT2D eigenvalue weighted by Gasteiger charge is -2.13. The largest absolute Gasteiger partial charge is 0.481 e. The van der Waals surface area contributed by atoms with Crippen molar-refractivity contribution in [2.75, 3.05) is 0 Å². The van der Waals surface area contributed by atoms with Crippen molar-refractivity contribution in [3.63, 3.8) is 0 Å². The Hall–Kier alpha value is -1.62. The molecule has 4 nitrogen and oxygen atoms in total. The second-order valence-electron chi connectivity index (χ2n) is 4.93. The summed E-state index contributed by atoms with van der Waals surface area (Å²) < 4.78 is 0. The summed E-state index contributed by atoms with van der Waals surface area (Å²) in [6.07, 6.45) is 5.54. The first-order valence-corrected chi connectivity index (χ1v) is 7.62. The minimum Gasteiger partial charge on any atom is -0.481 e. The van der Waals surface area contributed by atoms with Gasteiger partial charge in [0.15, 0.2) is 0 Å². The van der Waals surface area contributed by atoms with Crippen LogP contribution in [-0.2, 0) is 9.59 Å². The molecule has 2 unspecified atom stereocenters. The van der Waals surface area contributed by atoms with E-state index in [1.54, 1.807) is 24.3 Å². The molecule has 110 valence electrons. The Kier molecular flexibility index (Phi) is 7.01. The zero-order valence-electron chi connectivity index (χ0n) is 11.8. The summed E-state index contributed by atoms with van der Waals surface area (Å²) in [6.45, 7) is 3.64. The molecular formula is C15H21NO3S. The van der Waals surface area contributed by atoms with Crippen LogP contribution in [-0.4, -0.2) is 23.0 Å². The molecule has 0 bridgehead atoms. The van der Waals surface area contributed by atoms with Gasteiger partial charge in [0.1, 0.15) is 0 Å². The number of amides is 1. The first-order valence-electron chi connectivity index (χ1n) is 6.74. The van der Waals surface area contributed by atoms with Gasteiger partial charge in [-0.3, -0.25) is 9.59 Å². The molecule has 2 atom stereocenters. The number of carbonyl (C=O) groups excluding carboxylic acids is 1. The van der Waals surface area contributed by atoms with Gasteiger partial charge in [-0.15, -0.1) is 11.3 Å². The fourth-order valence-corrected chi connectivity index (χ4v) is 2.38. The van der Waals surface area contributed by atoms with E-state index in [-0.39, 0.29) is 17.9 Å². The minimum atomic E-state index is -0.763. The van der Waals surface area contributed by atoms with Crippen LogP contribution in [0.2, 0.25) is 0 Å². The SMILES string of the molecule is CC(CCCC(C)C(=O)O)NC(=O)C=Cc1cccs1. The minimum absolute atomic E-state index is 0.0523. The third-order valence-electron chi connectivity index (χ3n) is 3.03. The molecule has 0 saturated heterocycles. The number of hydrogen-bond donors (Lipinski definition) is 2. The number of hydrogen-bond acceptors (Lipinski definition) is 3. The molecule has 0 fully saturated rings. The van der Waals surface area contributed by atoms with Gasteiger partial charge in [0.05, 0.1) is 5.92 Å². The zero-order chi connectivity index (χ0) is 15.0. The van der Waals surface area contributed by atoms with E-state index in [2.05, 4.69) is 5.32 Å². The summed E-state index contributed by atoms with van der Waals surface area (Å²) in [5.41, 5.74) is 0. The third kappa shape index (κ3) is 6.52. The van der Waals surface area contributed by atoms with Crippen molar-refractivity contribution < 1.29 is 14.7 Å². The van der Waals surface area contributed by atoms with Crippen LogP contribution in [0.5, 0.6) is 0 Å². The lowest BCUT2D eigenvalue weighted by atomic mass is 10.0. The topological polar surface area (TPSA) is 66.4 Å². The number of thiophene rings is 1. The first-order chi connectivity index (χ1) is 9.49. The molecule has 1 amide bonds. The van der Waals surface area contributed by atoms with Gasteiger partial charge in [0.25, 0.3) is 0 Å². The lowest BCUT2D eigenvalue weighted by Crippen LogP contribution is -2.31. The third-order valence-corrected chi connectivity index (χ3v) is 3.86. The van der Waals surface area contributed by atoms with Crippen LogP contribution in [0.3, 0.4) is 0 Å². The highest BCUT2D eigenvalue weighted by atomic mass is 32.1. The van der Waals surface area contributed by atoms with Crippen molar-refractivity contribution in [3.8, 4) is 0 Å². The number of aliphatic carboxylic acids is 1. The zero-order valence-corrected chi connectivity index (χ0v) is 12.7. The predicted octanol–water partition coefficient (Wildman–Crippen LogP) is 3.16. The smallest absolute Gasteiger partial charge is 0.306 e. The van der Waals surface area contributed by atoms with Gasteiger partial charge < -0.3 is 10.4 Å². The highest BCUT2D eigenvalue weighted by Gasteiger charge is 2.11. The molecule has 0 aliphatic carbocycles. The maximum absolute atomic E-state index is 11.7. The van der Waals surface area contributed by atoms with Gasteiger partial charge in [-0.2, -0.15) is 0 Å². The highest BCUT2D eigenvalue weighted by molar-refractivity contribution is 7.10. The van der Waals surface area contributed by atoms with Crippen molar-refractivity contribution in [2.45, 2.75) is 39.2 Å². The second kappa shape index (κ2) is 8.53. The molecule has 0 aromatic carbocycles. The summed E-state index contributed by atoms with van der Waals surface area (Å²) in [7, 11) is 0.